The minimum Gasteiger partial charge on any atom is -0.347 e. The normalized spacial score (nSPS) is 31.7. The molecule has 4 nitrogen and oxygen atoms in total. The van der Waals surface area contributed by atoms with E-state index in [-0.39, 0.29) is 11.9 Å². The fourth-order valence-corrected chi connectivity index (χ4v) is 6.84. The first kappa shape index (κ1) is 18.0. The Bertz CT molecular complexity index is 831. The Balaban J connectivity index is 1.33. The summed E-state index contributed by atoms with van der Waals surface area (Å²) in [4.78, 5) is 13.0. The van der Waals surface area contributed by atoms with Crippen molar-refractivity contribution in [2.75, 3.05) is 0 Å². The van der Waals surface area contributed by atoms with Crippen molar-refractivity contribution in [3.63, 3.8) is 0 Å². The van der Waals surface area contributed by atoms with Gasteiger partial charge in [-0.15, -0.1) is 0 Å². The average molecular weight is 378 g/mol. The molecule has 0 saturated heterocycles. The fraction of sp³-hybridized carbons (Fsp3) is 0.583. The third-order valence-electron chi connectivity index (χ3n) is 7.71. The highest BCUT2D eigenvalue weighted by Crippen LogP contribution is 2.61. The summed E-state index contributed by atoms with van der Waals surface area (Å²) in [5.74, 6) is 2.70. The maximum absolute atomic E-state index is 13.0. The van der Waals surface area contributed by atoms with Crippen molar-refractivity contribution in [3.8, 4) is 11.3 Å². The predicted molar refractivity (Wildman–Crippen MR) is 111 cm³/mol. The van der Waals surface area contributed by atoms with Crippen LogP contribution in [0, 0.1) is 30.1 Å². The van der Waals surface area contributed by atoms with Crippen LogP contribution in [0.5, 0.6) is 0 Å². The van der Waals surface area contributed by atoms with Crippen LogP contribution in [0.2, 0.25) is 0 Å². The lowest BCUT2D eigenvalue weighted by Crippen LogP contribution is -2.56. The second-order valence-electron chi connectivity index (χ2n) is 9.75. The molecule has 2 N–H and O–H groups in total. The van der Waals surface area contributed by atoms with Gasteiger partial charge in [0.05, 0.1) is 5.69 Å². The smallest absolute Gasteiger partial charge is 0.269 e. The van der Waals surface area contributed by atoms with Crippen LogP contribution in [0.4, 0.5) is 0 Å². The molecule has 1 unspecified atom stereocenters. The number of rotatable bonds is 5. The van der Waals surface area contributed by atoms with E-state index in [1.165, 1.54) is 44.1 Å². The summed E-state index contributed by atoms with van der Waals surface area (Å²) < 4.78 is 0. The molecule has 1 aromatic heterocycles. The molecule has 4 bridgehead atoms. The van der Waals surface area contributed by atoms with Gasteiger partial charge < -0.3 is 5.32 Å². The predicted octanol–water partition coefficient (Wildman–Crippen LogP) is 5.11. The van der Waals surface area contributed by atoms with Crippen LogP contribution < -0.4 is 5.32 Å². The second kappa shape index (κ2) is 6.75. The van der Waals surface area contributed by atoms with E-state index >= 15 is 0 Å². The molecule has 4 fully saturated rings. The molecule has 148 valence electrons. The Morgan fingerprint density at radius 3 is 2.32 bits per heavy atom. The summed E-state index contributed by atoms with van der Waals surface area (Å²) in [6, 6.07) is 10.4. The number of amides is 1. The zero-order chi connectivity index (χ0) is 19.3. The summed E-state index contributed by atoms with van der Waals surface area (Å²) in [6.45, 7) is 4.30. The van der Waals surface area contributed by atoms with Gasteiger partial charge in [0.15, 0.2) is 0 Å². The fourth-order valence-electron chi connectivity index (χ4n) is 6.84. The van der Waals surface area contributed by atoms with Gasteiger partial charge >= 0.3 is 0 Å². The van der Waals surface area contributed by atoms with Crippen LogP contribution in [-0.2, 0) is 0 Å². The molecule has 4 aliphatic rings. The number of hydrogen-bond acceptors (Lipinski definition) is 2. The summed E-state index contributed by atoms with van der Waals surface area (Å²) >= 11 is 0. The van der Waals surface area contributed by atoms with Crippen molar-refractivity contribution in [2.24, 2.45) is 23.2 Å². The molecule has 4 aliphatic carbocycles. The Morgan fingerprint density at radius 1 is 1.14 bits per heavy atom. The van der Waals surface area contributed by atoms with E-state index in [9.17, 15) is 4.79 Å². The summed E-state index contributed by atoms with van der Waals surface area (Å²) in [5, 5.41) is 10.7. The number of aromatic nitrogens is 2. The number of carbonyl (C=O) groups is 1. The summed E-state index contributed by atoms with van der Waals surface area (Å²) in [7, 11) is 0. The number of carbonyl (C=O) groups excluding carboxylic acids is 1. The first-order valence-electron chi connectivity index (χ1n) is 11.0. The highest BCUT2D eigenvalue weighted by atomic mass is 16.2. The molecular weight excluding hydrogens is 346 g/mol. The quantitative estimate of drug-likeness (QED) is 0.761. The van der Waals surface area contributed by atoms with E-state index < -0.39 is 0 Å². The van der Waals surface area contributed by atoms with E-state index in [0.717, 1.165) is 35.4 Å². The van der Waals surface area contributed by atoms with Gasteiger partial charge in [-0.2, -0.15) is 5.10 Å². The molecule has 1 aromatic carbocycles. The maximum Gasteiger partial charge on any atom is 0.269 e. The number of hydrogen-bond donors (Lipinski definition) is 2. The van der Waals surface area contributed by atoms with Gasteiger partial charge in [0, 0.05) is 11.6 Å². The van der Waals surface area contributed by atoms with Crippen molar-refractivity contribution in [2.45, 2.75) is 64.8 Å². The standard InChI is InChI=1S/C24H31N3O/c1-3-22(24-12-16-8-17(13-24)10-18(9-16)14-24)25-23(28)21-11-20(26-27-21)19-6-4-15(2)5-7-19/h4-7,11,16-18,22H,3,8-10,12-14H2,1-2H3,(H,25,28)(H,26,27). The van der Waals surface area contributed by atoms with Crippen LogP contribution in [0.25, 0.3) is 11.3 Å². The molecule has 0 spiro atoms. The lowest BCUT2D eigenvalue weighted by Gasteiger charge is -2.59. The van der Waals surface area contributed by atoms with Crippen molar-refractivity contribution < 1.29 is 4.79 Å². The zero-order valence-corrected chi connectivity index (χ0v) is 17.0. The van der Waals surface area contributed by atoms with Crippen LogP contribution >= 0.6 is 0 Å². The van der Waals surface area contributed by atoms with E-state index in [2.05, 4.69) is 53.6 Å². The van der Waals surface area contributed by atoms with Gasteiger partial charge in [0.25, 0.3) is 5.91 Å². The molecule has 4 saturated carbocycles. The number of aromatic amines is 1. The van der Waals surface area contributed by atoms with Crippen LogP contribution in [0.15, 0.2) is 30.3 Å². The number of nitrogens with one attached hydrogen (secondary N) is 2. The largest absolute Gasteiger partial charge is 0.347 e. The van der Waals surface area contributed by atoms with Crippen LogP contribution in [0.1, 0.15) is 67.9 Å². The molecule has 0 radical (unpaired) electrons. The number of benzene rings is 1. The van der Waals surface area contributed by atoms with E-state index in [1.807, 2.05) is 6.07 Å². The Labute approximate surface area is 167 Å². The van der Waals surface area contributed by atoms with Crippen molar-refractivity contribution >= 4 is 5.91 Å². The lowest BCUT2D eigenvalue weighted by molar-refractivity contribution is -0.0727. The molecule has 1 heterocycles. The van der Waals surface area contributed by atoms with Crippen molar-refractivity contribution in [1.82, 2.24) is 15.5 Å². The van der Waals surface area contributed by atoms with Crippen LogP contribution in [0.3, 0.4) is 0 Å². The first-order chi connectivity index (χ1) is 13.5. The monoisotopic (exact) mass is 377 g/mol. The van der Waals surface area contributed by atoms with Gasteiger partial charge in [-0.1, -0.05) is 36.8 Å². The molecule has 6 rings (SSSR count). The van der Waals surface area contributed by atoms with Gasteiger partial charge in [0.2, 0.25) is 0 Å². The molecule has 28 heavy (non-hydrogen) atoms. The van der Waals surface area contributed by atoms with Crippen molar-refractivity contribution in [3.05, 3.63) is 41.6 Å². The summed E-state index contributed by atoms with van der Waals surface area (Å²) in [5.41, 5.74) is 3.98. The topological polar surface area (TPSA) is 57.8 Å². The third-order valence-corrected chi connectivity index (χ3v) is 7.71. The highest BCUT2D eigenvalue weighted by Gasteiger charge is 2.54. The first-order valence-corrected chi connectivity index (χ1v) is 11.0. The maximum atomic E-state index is 13.0. The minimum atomic E-state index is -0.00606. The van der Waals surface area contributed by atoms with Gasteiger partial charge in [0.1, 0.15) is 5.69 Å². The SMILES string of the molecule is CCC(NC(=O)c1cc(-c2ccc(C)cc2)n[nH]1)C12CC3CC(CC(C3)C1)C2. The average Bonchev–Trinajstić information content (AvgIpc) is 3.15. The summed E-state index contributed by atoms with van der Waals surface area (Å²) in [6.07, 6.45) is 9.26. The lowest BCUT2D eigenvalue weighted by atomic mass is 9.47. The number of H-pyrrole nitrogens is 1. The molecule has 2 aromatic rings. The minimum absolute atomic E-state index is 0.00606. The van der Waals surface area contributed by atoms with Crippen molar-refractivity contribution in [1.29, 1.82) is 0 Å². The molecule has 1 amide bonds. The molecule has 0 aliphatic heterocycles. The zero-order valence-electron chi connectivity index (χ0n) is 17.0. The van der Waals surface area contributed by atoms with Crippen LogP contribution in [-0.4, -0.2) is 22.1 Å². The third kappa shape index (κ3) is 3.07. The van der Waals surface area contributed by atoms with E-state index in [1.54, 1.807) is 0 Å². The van der Waals surface area contributed by atoms with Gasteiger partial charge in [-0.05, 0) is 81.1 Å². The molecular formula is C24H31N3O. The van der Waals surface area contributed by atoms with E-state index in [0.29, 0.717) is 11.1 Å². The van der Waals surface area contributed by atoms with Gasteiger partial charge in [-0.25, -0.2) is 0 Å². The molecule has 1 atom stereocenters. The molecule has 4 heteroatoms. The Hall–Kier alpha value is -2.10. The highest BCUT2D eigenvalue weighted by molar-refractivity contribution is 5.93. The van der Waals surface area contributed by atoms with Gasteiger partial charge in [-0.3, -0.25) is 9.89 Å². The number of nitrogens with zero attached hydrogens (tertiary/aromatic N) is 1. The van der Waals surface area contributed by atoms with E-state index in [4.69, 9.17) is 0 Å². The number of aryl methyl sites for hydroxylation is 1. The second-order valence-corrected chi connectivity index (χ2v) is 9.75. The Morgan fingerprint density at radius 2 is 1.75 bits per heavy atom. The Kier molecular flexibility index (Phi) is 4.33.